The normalized spacial score (nSPS) is 0. The Morgan fingerprint density at radius 3 is 0.455 bits per heavy atom. The summed E-state index contributed by atoms with van der Waals surface area (Å²) in [7, 11) is 0. The third kappa shape index (κ3) is 114. The molecule has 0 unspecified atom stereocenters. The summed E-state index contributed by atoms with van der Waals surface area (Å²) in [6.45, 7) is 0. The number of rotatable bonds is 0. The van der Waals surface area contributed by atoms with Crippen molar-refractivity contribution < 1.29 is 127 Å². The third-order valence-electron chi connectivity index (χ3n) is 0. The van der Waals surface area contributed by atoms with E-state index in [9.17, 15) is 0 Å². The van der Waals surface area contributed by atoms with Gasteiger partial charge in [-0.1, -0.05) is 0 Å². The van der Waals surface area contributed by atoms with Gasteiger partial charge in [0, 0.05) is 110 Å². The molecule has 74 valence electrons. The fourth-order valence-electron chi connectivity index (χ4n) is 0. The molecule has 0 aliphatic heterocycles. The van der Waals surface area contributed by atoms with Gasteiger partial charge in [0.25, 0.3) is 0 Å². The van der Waals surface area contributed by atoms with Crippen LogP contribution in [0.15, 0.2) is 0 Å². The quantitative estimate of drug-likeness (QED) is 0.285. The predicted molar refractivity (Wildman–Crippen MR) is 13.6 cm³/mol. The van der Waals surface area contributed by atoms with Crippen LogP contribution in [0.25, 0.3) is 0 Å². The van der Waals surface area contributed by atoms with Crippen LogP contribution in [-0.4, -0.2) is 34.7 Å². The SMILES string of the molecule is [Al+3].[Al+3].[Co].[Co].[Cr].[Cr].[O-2].[O-2].[O-2].[Pt].[Pt]. The maximum absolute atomic E-state index is 0. The molecule has 0 N–H and O–H groups in total. The first-order valence-electron chi connectivity index (χ1n) is 0. The summed E-state index contributed by atoms with van der Waals surface area (Å²) in [4.78, 5) is 0. The molecule has 0 fully saturated rings. The second kappa shape index (κ2) is 134. The van der Waals surface area contributed by atoms with Gasteiger partial charge in [0.2, 0.25) is 0 Å². The van der Waals surface area contributed by atoms with Gasteiger partial charge >= 0.3 is 34.7 Å². The molecular weight excluding hydrogens is 714 g/mol. The van der Waals surface area contributed by atoms with Gasteiger partial charge in [-0.15, -0.1) is 0 Å². The zero-order chi connectivity index (χ0) is 0. The fraction of sp³-hybridized carbons (Fsp3) is 0. The van der Waals surface area contributed by atoms with Crippen LogP contribution in [0.5, 0.6) is 0 Å². The minimum absolute atomic E-state index is 0. The Kier molecular flexibility index (Phi) is 2000. The van der Waals surface area contributed by atoms with E-state index in [1.807, 2.05) is 0 Å². The van der Waals surface area contributed by atoms with Crippen molar-refractivity contribution in [3.05, 3.63) is 0 Å². The van der Waals surface area contributed by atoms with E-state index in [0.29, 0.717) is 0 Å². The van der Waals surface area contributed by atoms with E-state index in [4.69, 9.17) is 0 Å². The topological polar surface area (TPSA) is 85.5 Å². The summed E-state index contributed by atoms with van der Waals surface area (Å²) < 4.78 is 0. The van der Waals surface area contributed by atoms with E-state index < -0.39 is 0 Å². The summed E-state index contributed by atoms with van der Waals surface area (Å²) in [5.41, 5.74) is 0. The molecule has 0 aromatic heterocycles. The molecule has 0 amide bonds. The molecule has 0 aromatic rings. The molecule has 0 heterocycles. The third-order valence-corrected chi connectivity index (χ3v) is 0. The zero-order valence-corrected chi connectivity index (χ0v) is 16.0. The Hall–Kier alpha value is 4.40. The van der Waals surface area contributed by atoms with Gasteiger partial charge in [-0.2, -0.15) is 0 Å². The molecule has 0 aliphatic rings. The average Bonchev–Trinajstić information content (AvgIpc) is 0. The molecule has 0 aliphatic carbocycles. The van der Waals surface area contributed by atoms with Gasteiger partial charge in [-0.3, -0.25) is 0 Å². The van der Waals surface area contributed by atoms with Crippen LogP contribution in [0.3, 0.4) is 0 Å². The molecule has 3 nitrogen and oxygen atoms in total. The van der Waals surface area contributed by atoms with Gasteiger partial charge < -0.3 is 16.4 Å². The minimum Gasteiger partial charge on any atom is -2.00 e. The molecule has 2 radical (unpaired) electrons. The van der Waals surface area contributed by atoms with Gasteiger partial charge in [0.15, 0.2) is 0 Å². The molecule has 0 aromatic carbocycles. The van der Waals surface area contributed by atoms with Gasteiger partial charge in [0.05, 0.1) is 0 Å². The largest absolute Gasteiger partial charge is 3.00 e. The minimum atomic E-state index is 0. The van der Waals surface area contributed by atoms with Crippen molar-refractivity contribution in [3.63, 3.8) is 0 Å². The van der Waals surface area contributed by atoms with Crippen molar-refractivity contribution in [1.82, 2.24) is 0 Å². The van der Waals surface area contributed by atoms with Crippen molar-refractivity contribution in [1.29, 1.82) is 0 Å². The molecule has 0 saturated heterocycles. The van der Waals surface area contributed by atoms with Crippen LogP contribution >= 0.6 is 0 Å². The molecule has 11 heteroatoms. The van der Waals surface area contributed by atoms with Crippen molar-refractivity contribution in [2.24, 2.45) is 0 Å². The molecule has 0 rings (SSSR count). The average molecular weight is 714 g/mol. The number of hydrogen-bond donors (Lipinski definition) is 0. The van der Waals surface area contributed by atoms with E-state index in [1.165, 1.54) is 0 Å². The van der Waals surface area contributed by atoms with E-state index in [-0.39, 0.29) is 162 Å². The van der Waals surface area contributed by atoms with Crippen molar-refractivity contribution in [2.75, 3.05) is 0 Å². The molecule has 0 bridgehead atoms. The van der Waals surface area contributed by atoms with Crippen molar-refractivity contribution in [3.8, 4) is 0 Å². The van der Waals surface area contributed by atoms with Crippen LogP contribution in [0, 0.1) is 0 Å². The van der Waals surface area contributed by atoms with Crippen LogP contribution in [0.4, 0.5) is 0 Å². The Balaban J connectivity index is 0. The second-order valence-electron chi connectivity index (χ2n) is 0. The summed E-state index contributed by atoms with van der Waals surface area (Å²) in [5.74, 6) is 0. The Bertz CT molecular complexity index is 25.3. The maximum Gasteiger partial charge on any atom is 3.00 e. The Morgan fingerprint density at radius 1 is 0.455 bits per heavy atom. The van der Waals surface area contributed by atoms with E-state index in [2.05, 4.69) is 0 Å². The van der Waals surface area contributed by atoms with Crippen molar-refractivity contribution >= 4 is 34.7 Å². The van der Waals surface area contributed by atoms with Crippen LogP contribution in [-0.2, 0) is 127 Å². The first-order chi connectivity index (χ1) is 0. The van der Waals surface area contributed by atoms with E-state index >= 15 is 0 Å². The van der Waals surface area contributed by atoms with Gasteiger partial charge in [-0.25, -0.2) is 0 Å². The zero-order valence-electron chi connectivity index (χ0n) is 4.50. The summed E-state index contributed by atoms with van der Waals surface area (Å²) >= 11 is 0. The van der Waals surface area contributed by atoms with Crippen LogP contribution in [0.2, 0.25) is 0 Å². The van der Waals surface area contributed by atoms with E-state index in [1.54, 1.807) is 0 Å². The smallest absolute Gasteiger partial charge is 2.00 e. The predicted octanol–water partition coefficient (Wildman–Crippen LogP) is -1.13. The van der Waals surface area contributed by atoms with E-state index in [0.717, 1.165) is 0 Å². The second-order valence-corrected chi connectivity index (χ2v) is 0. The molecule has 0 saturated carbocycles. The first kappa shape index (κ1) is 165. The van der Waals surface area contributed by atoms with Crippen LogP contribution < -0.4 is 0 Å². The maximum atomic E-state index is 0. The summed E-state index contributed by atoms with van der Waals surface area (Å²) in [5, 5.41) is 0. The summed E-state index contributed by atoms with van der Waals surface area (Å²) in [6, 6.07) is 0. The Morgan fingerprint density at radius 2 is 0.455 bits per heavy atom. The van der Waals surface area contributed by atoms with Crippen LogP contribution in [0.1, 0.15) is 0 Å². The van der Waals surface area contributed by atoms with Crippen molar-refractivity contribution in [2.45, 2.75) is 0 Å². The molecule has 11 heavy (non-hydrogen) atoms. The summed E-state index contributed by atoms with van der Waals surface area (Å²) in [6.07, 6.45) is 0. The van der Waals surface area contributed by atoms with Gasteiger partial charge in [-0.05, 0) is 0 Å². The Labute approximate surface area is 159 Å². The molecule has 0 atom stereocenters. The number of hydrogen-bond acceptors (Lipinski definition) is 0. The first-order valence-corrected chi connectivity index (χ1v) is 0. The fourth-order valence-corrected chi connectivity index (χ4v) is 0. The molecular formula is Al2Co2Cr2O3Pt2. The van der Waals surface area contributed by atoms with Gasteiger partial charge in [0.1, 0.15) is 0 Å². The standard InChI is InChI=1S/2Al.2Co.2Cr.3O.2Pt/q2*+3;;;;;3*-2;;. The monoisotopic (exact) mass is 714 g/mol. The molecule has 0 spiro atoms.